The van der Waals surface area contributed by atoms with Crippen molar-refractivity contribution < 1.29 is 10.2 Å². The van der Waals surface area contributed by atoms with Crippen LogP contribution in [0.1, 0.15) is 37.8 Å². The lowest BCUT2D eigenvalue weighted by Gasteiger charge is -2.30. The highest BCUT2D eigenvalue weighted by Gasteiger charge is 2.25. The Kier molecular flexibility index (Phi) is 5.03. The van der Waals surface area contributed by atoms with E-state index in [4.69, 9.17) is 0 Å². The fraction of sp³-hybridized carbons (Fsp3) is 0.600. The SMILES string of the molecule is CCC(CC)(CO)CNc1cc(C)c(O)cc1C. The van der Waals surface area contributed by atoms with Crippen LogP contribution in [-0.2, 0) is 0 Å². The zero-order chi connectivity index (χ0) is 13.8. The molecule has 102 valence electrons. The zero-order valence-corrected chi connectivity index (χ0v) is 11.9. The number of phenolic OH excluding ortho intramolecular Hbond substituents is 1. The molecular formula is C15H25NO2. The Morgan fingerprint density at radius 2 is 1.72 bits per heavy atom. The maximum atomic E-state index is 9.62. The summed E-state index contributed by atoms with van der Waals surface area (Å²) in [6, 6.07) is 3.73. The lowest BCUT2D eigenvalue weighted by Crippen LogP contribution is -2.32. The van der Waals surface area contributed by atoms with E-state index in [1.165, 1.54) is 0 Å². The molecule has 0 heterocycles. The van der Waals surface area contributed by atoms with E-state index >= 15 is 0 Å². The third-order valence-corrected chi connectivity index (χ3v) is 4.03. The van der Waals surface area contributed by atoms with Gasteiger partial charge in [-0.15, -0.1) is 0 Å². The Labute approximate surface area is 110 Å². The number of aryl methyl sites for hydroxylation is 2. The molecule has 1 aromatic rings. The van der Waals surface area contributed by atoms with Crippen molar-refractivity contribution in [1.82, 2.24) is 0 Å². The van der Waals surface area contributed by atoms with Crippen molar-refractivity contribution in [2.45, 2.75) is 40.5 Å². The Morgan fingerprint density at radius 1 is 1.11 bits per heavy atom. The molecule has 0 amide bonds. The maximum Gasteiger partial charge on any atom is 0.118 e. The summed E-state index contributed by atoms with van der Waals surface area (Å²) in [5.41, 5.74) is 2.87. The van der Waals surface area contributed by atoms with E-state index in [-0.39, 0.29) is 12.0 Å². The minimum absolute atomic E-state index is 0.0573. The molecular weight excluding hydrogens is 226 g/mol. The third-order valence-electron chi connectivity index (χ3n) is 4.03. The number of phenols is 1. The van der Waals surface area contributed by atoms with Gasteiger partial charge in [-0.25, -0.2) is 0 Å². The minimum atomic E-state index is -0.0573. The molecule has 0 bridgehead atoms. The molecule has 3 nitrogen and oxygen atoms in total. The number of hydrogen-bond donors (Lipinski definition) is 3. The first kappa shape index (κ1) is 14.8. The van der Waals surface area contributed by atoms with E-state index in [1.807, 2.05) is 19.9 Å². The second-order valence-electron chi connectivity index (χ2n) is 5.17. The van der Waals surface area contributed by atoms with Gasteiger partial charge < -0.3 is 15.5 Å². The van der Waals surface area contributed by atoms with Crippen molar-refractivity contribution in [1.29, 1.82) is 0 Å². The highest BCUT2D eigenvalue weighted by molar-refractivity contribution is 5.56. The van der Waals surface area contributed by atoms with Gasteiger partial charge in [-0.05, 0) is 49.9 Å². The Hall–Kier alpha value is -1.22. The highest BCUT2D eigenvalue weighted by Crippen LogP contribution is 2.29. The van der Waals surface area contributed by atoms with E-state index in [0.717, 1.165) is 36.2 Å². The van der Waals surface area contributed by atoms with E-state index < -0.39 is 0 Å². The molecule has 0 aromatic heterocycles. The second-order valence-corrected chi connectivity index (χ2v) is 5.17. The average molecular weight is 251 g/mol. The van der Waals surface area contributed by atoms with Crippen LogP contribution < -0.4 is 5.32 Å². The number of aliphatic hydroxyl groups excluding tert-OH is 1. The highest BCUT2D eigenvalue weighted by atomic mass is 16.3. The van der Waals surface area contributed by atoms with Crippen molar-refractivity contribution in [3.8, 4) is 5.75 Å². The summed E-state index contributed by atoms with van der Waals surface area (Å²) in [5, 5.41) is 22.6. The monoisotopic (exact) mass is 251 g/mol. The topological polar surface area (TPSA) is 52.5 Å². The molecule has 0 spiro atoms. The second kappa shape index (κ2) is 6.10. The summed E-state index contributed by atoms with van der Waals surface area (Å²) in [4.78, 5) is 0. The van der Waals surface area contributed by atoms with Crippen molar-refractivity contribution in [2.75, 3.05) is 18.5 Å². The van der Waals surface area contributed by atoms with Crippen LogP contribution in [0.3, 0.4) is 0 Å². The Bertz CT molecular complexity index is 389. The molecule has 1 rings (SSSR count). The van der Waals surface area contributed by atoms with Gasteiger partial charge in [0.2, 0.25) is 0 Å². The molecule has 0 atom stereocenters. The molecule has 0 aliphatic carbocycles. The van der Waals surface area contributed by atoms with E-state index in [9.17, 15) is 10.2 Å². The number of hydrogen-bond acceptors (Lipinski definition) is 3. The maximum absolute atomic E-state index is 9.62. The summed E-state index contributed by atoms with van der Waals surface area (Å²) >= 11 is 0. The molecule has 1 aromatic carbocycles. The summed E-state index contributed by atoms with van der Waals surface area (Å²) in [5.74, 6) is 0.331. The van der Waals surface area contributed by atoms with Gasteiger partial charge in [-0.2, -0.15) is 0 Å². The molecule has 0 fully saturated rings. The molecule has 3 N–H and O–H groups in total. The standard InChI is InChI=1S/C15H25NO2/c1-5-15(6-2,10-17)9-16-13-7-12(4)14(18)8-11(13)3/h7-8,16-18H,5-6,9-10H2,1-4H3. The number of anilines is 1. The molecule has 0 saturated carbocycles. The van der Waals surface area contributed by atoms with Crippen LogP contribution in [0, 0.1) is 19.3 Å². The number of aliphatic hydroxyl groups is 1. The first-order valence-electron chi connectivity index (χ1n) is 6.63. The number of benzene rings is 1. The average Bonchev–Trinajstić information content (AvgIpc) is 2.37. The number of rotatable bonds is 6. The van der Waals surface area contributed by atoms with Crippen LogP contribution in [0.4, 0.5) is 5.69 Å². The van der Waals surface area contributed by atoms with Crippen LogP contribution in [0.2, 0.25) is 0 Å². The fourth-order valence-corrected chi connectivity index (χ4v) is 2.05. The first-order chi connectivity index (χ1) is 8.48. The quantitative estimate of drug-likeness (QED) is 0.680. The van der Waals surface area contributed by atoms with Gasteiger partial charge >= 0.3 is 0 Å². The van der Waals surface area contributed by atoms with Gasteiger partial charge in [0.1, 0.15) is 5.75 Å². The van der Waals surface area contributed by atoms with Gasteiger partial charge in [0.15, 0.2) is 0 Å². The van der Waals surface area contributed by atoms with Gasteiger partial charge in [0.25, 0.3) is 0 Å². The summed E-state index contributed by atoms with van der Waals surface area (Å²) in [6.07, 6.45) is 1.90. The van der Waals surface area contributed by atoms with Gasteiger partial charge in [-0.3, -0.25) is 0 Å². The minimum Gasteiger partial charge on any atom is -0.508 e. The predicted molar refractivity (Wildman–Crippen MR) is 76.2 cm³/mol. The van der Waals surface area contributed by atoms with E-state index in [0.29, 0.717) is 5.75 Å². The van der Waals surface area contributed by atoms with E-state index in [1.54, 1.807) is 6.07 Å². The Balaban J connectivity index is 2.83. The van der Waals surface area contributed by atoms with Crippen molar-refractivity contribution >= 4 is 5.69 Å². The normalized spacial score (nSPS) is 11.6. The summed E-state index contributed by atoms with van der Waals surface area (Å²) in [7, 11) is 0. The predicted octanol–water partition coefficient (Wildman–Crippen LogP) is 3.22. The lowest BCUT2D eigenvalue weighted by atomic mass is 9.83. The number of nitrogens with one attached hydrogen (secondary N) is 1. The number of aromatic hydroxyl groups is 1. The molecule has 18 heavy (non-hydrogen) atoms. The molecule has 0 unspecified atom stereocenters. The molecule has 0 radical (unpaired) electrons. The lowest BCUT2D eigenvalue weighted by molar-refractivity contribution is 0.127. The zero-order valence-electron chi connectivity index (χ0n) is 11.9. The summed E-state index contributed by atoms with van der Waals surface area (Å²) < 4.78 is 0. The van der Waals surface area contributed by atoms with Crippen LogP contribution in [0.25, 0.3) is 0 Å². The van der Waals surface area contributed by atoms with Gasteiger partial charge in [0, 0.05) is 17.6 Å². The largest absolute Gasteiger partial charge is 0.508 e. The van der Waals surface area contributed by atoms with Crippen LogP contribution >= 0.6 is 0 Å². The fourth-order valence-electron chi connectivity index (χ4n) is 2.05. The Morgan fingerprint density at radius 3 is 2.22 bits per heavy atom. The van der Waals surface area contributed by atoms with Crippen LogP contribution in [0.5, 0.6) is 5.75 Å². The molecule has 0 aliphatic rings. The van der Waals surface area contributed by atoms with Crippen molar-refractivity contribution in [2.24, 2.45) is 5.41 Å². The van der Waals surface area contributed by atoms with Crippen LogP contribution in [-0.4, -0.2) is 23.4 Å². The molecule has 0 saturated heterocycles. The van der Waals surface area contributed by atoms with Crippen molar-refractivity contribution in [3.05, 3.63) is 23.3 Å². The van der Waals surface area contributed by atoms with Gasteiger partial charge in [-0.1, -0.05) is 13.8 Å². The molecule has 3 heteroatoms. The van der Waals surface area contributed by atoms with E-state index in [2.05, 4.69) is 19.2 Å². The smallest absolute Gasteiger partial charge is 0.118 e. The third kappa shape index (κ3) is 3.16. The molecule has 0 aliphatic heterocycles. The van der Waals surface area contributed by atoms with Gasteiger partial charge in [0.05, 0.1) is 6.61 Å². The van der Waals surface area contributed by atoms with Crippen molar-refractivity contribution in [3.63, 3.8) is 0 Å². The van der Waals surface area contributed by atoms with Crippen LogP contribution in [0.15, 0.2) is 12.1 Å². The summed E-state index contributed by atoms with van der Waals surface area (Å²) in [6.45, 7) is 9.02. The first-order valence-corrected chi connectivity index (χ1v) is 6.63.